The number of aromatic nitrogens is 1. The summed E-state index contributed by atoms with van der Waals surface area (Å²) in [6.45, 7) is 0. The maximum atomic E-state index is 10.5. The molecule has 0 unspecified atom stereocenters. The van der Waals surface area contributed by atoms with Gasteiger partial charge in [0.1, 0.15) is 5.01 Å². The van der Waals surface area contributed by atoms with Crippen LogP contribution in [0.25, 0.3) is 10.2 Å². The molecule has 0 aliphatic rings. The molecule has 0 saturated carbocycles. The highest BCUT2D eigenvalue weighted by molar-refractivity contribution is 7.88. The van der Waals surface area contributed by atoms with E-state index in [-0.39, 0.29) is 5.01 Å². The van der Waals surface area contributed by atoms with E-state index in [4.69, 9.17) is 4.55 Å². The summed E-state index contributed by atoms with van der Waals surface area (Å²) in [4.78, 5) is 4.02. The minimum absolute atomic E-state index is 0.286. The third-order valence-corrected chi connectivity index (χ3v) is 3.21. The third-order valence-electron chi connectivity index (χ3n) is 1.56. The topological polar surface area (TPSA) is 67.3 Å². The second kappa shape index (κ2) is 3.30. The molecule has 0 saturated heterocycles. The fraction of sp³-hybridized carbons (Fsp3) is 0. The smallest absolute Gasteiger partial charge is 0.276 e. The minimum atomic E-state index is -4.10. The highest BCUT2D eigenvalue weighted by atomic mass is 32.2. The fourth-order valence-corrected chi connectivity index (χ4v) is 2.67. The van der Waals surface area contributed by atoms with Gasteiger partial charge in [0.25, 0.3) is 10.1 Å². The molecule has 0 amide bonds. The van der Waals surface area contributed by atoms with Gasteiger partial charge < -0.3 is 0 Å². The Morgan fingerprint density at radius 2 is 2.07 bits per heavy atom. The van der Waals surface area contributed by atoms with E-state index in [0.717, 1.165) is 16.0 Å². The molecular formula is C8H6NO3S2. The number of benzene rings is 1. The van der Waals surface area contributed by atoms with Crippen molar-refractivity contribution in [3.05, 3.63) is 35.0 Å². The van der Waals surface area contributed by atoms with Crippen LogP contribution in [-0.4, -0.2) is 18.0 Å². The van der Waals surface area contributed by atoms with Gasteiger partial charge in [-0.2, -0.15) is 8.42 Å². The first kappa shape index (κ1) is 9.57. The number of para-hydroxylation sites is 1. The molecule has 0 aliphatic heterocycles. The van der Waals surface area contributed by atoms with Crippen molar-refractivity contribution >= 4 is 31.7 Å². The van der Waals surface area contributed by atoms with Gasteiger partial charge in [-0.3, -0.25) is 4.55 Å². The van der Waals surface area contributed by atoms with Gasteiger partial charge in [-0.05, 0) is 12.1 Å². The average Bonchev–Trinajstić information content (AvgIpc) is 2.42. The Kier molecular flexibility index (Phi) is 2.26. The Balaban J connectivity index is 2.46. The van der Waals surface area contributed by atoms with E-state index in [1.807, 2.05) is 18.2 Å². The molecule has 1 heterocycles. The Bertz CT molecular complexity index is 526. The molecule has 1 aromatic carbocycles. The van der Waals surface area contributed by atoms with E-state index in [2.05, 4.69) is 4.98 Å². The van der Waals surface area contributed by atoms with E-state index < -0.39 is 10.1 Å². The van der Waals surface area contributed by atoms with E-state index in [1.54, 1.807) is 6.07 Å². The number of hydrogen-bond donors (Lipinski definition) is 1. The van der Waals surface area contributed by atoms with Crippen LogP contribution in [0.15, 0.2) is 24.3 Å². The molecule has 1 N–H and O–H groups in total. The molecule has 0 bridgehead atoms. The first-order valence-electron chi connectivity index (χ1n) is 3.72. The lowest BCUT2D eigenvalue weighted by molar-refractivity contribution is 0.491. The monoisotopic (exact) mass is 228 g/mol. The summed E-state index contributed by atoms with van der Waals surface area (Å²) < 4.78 is 30.6. The van der Waals surface area contributed by atoms with Crippen LogP contribution < -0.4 is 0 Å². The van der Waals surface area contributed by atoms with Gasteiger partial charge >= 0.3 is 0 Å². The maximum Gasteiger partial charge on any atom is 0.276 e. The lowest BCUT2D eigenvalue weighted by Gasteiger charge is -1.87. The number of nitrogens with zero attached hydrogens (tertiary/aromatic N) is 1. The van der Waals surface area contributed by atoms with Gasteiger partial charge in [0.05, 0.1) is 10.2 Å². The summed E-state index contributed by atoms with van der Waals surface area (Å²) in [7, 11) is -4.10. The molecular weight excluding hydrogens is 222 g/mol. The zero-order valence-electron chi connectivity index (χ0n) is 6.91. The fourth-order valence-electron chi connectivity index (χ4n) is 1.07. The Labute approximate surface area is 85.0 Å². The zero-order chi connectivity index (χ0) is 10.2. The van der Waals surface area contributed by atoms with Gasteiger partial charge in [-0.25, -0.2) is 4.98 Å². The highest BCUT2D eigenvalue weighted by Crippen LogP contribution is 2.23. The molecule has 14 heavy (non-hydrogen) atoms. The molecule has 0 spiro atoms. The third kappa shape index (κ3) is 2.09. The van der Waals surface area contributed by atoms with Crippen LogP contribution in [0.1, 0.15) is 5.01 Å². The zero-order valence-corrected chi connectivity index (χ0v) is 8.55. The van der Waals surface area contributed by atoms with Crippen LogP contribution in [0, 0.1) is 5.75 Å². The first-order chi connectivity index (χ1) is 6.54. The summed E-state index contributed by atoms with van der Waals surface area (Å²) in [5, 5.41) is 0.286. The van der Waals surface area contributed by atoms with E-state index in [0.29, 0.717) is 0 Å². The van der Waals surface area contributed by atoms with Gasteiger partial charge in [-0.15, -0.1) is 11.3 Å². The van der Waals surface area contributed by atoms with Crippen molar-refractivity contribution in [1.29, 1.82) is 0 Å². The van der Waals surface area contributed by atoms with Crippen LogP contribution in [-0.2, 0) is 10.1 Å². The average molecular weight is 228 g/mol. The lowest BCUT2D eigenvalue weighted by Crippen LogP contribution is -1.97. The maximum absolute atomic E-state index is 10.5. The number of fused-ring (bicyclic) bond motifs is 1. The predicted octanol–water partition coefficient (Wildman–Crippen LogP) is 1.69. The normalized spacial score (nSPS) is 12.1. The summed E-state index contributed by atoms with van der Waals surface area (Å²) in [6, 6.07) is 7.29. The first-order valence-corrected chi connectivity index (χ1v) is 6.04. The van der Waals surface area contributed by atoms with Crippen molar-refractivity contribution in [2.24, 2.45) is 0 Å². The van der Waals surface area contributed by atoms with E-state index in [1.165, 1.54) is 11.3 Å². The van der Waals surface area contributed by atoms with Crippen molar-refractivity contribution < 1.29 is 13.0 Å². The SMILES string of the molecule is O=S(=O)(O)[CH]c1nc2ccccc2s1. The predicted molar refractivity (Wildman–Crippen MR) is 54.6 cm³/mol. The van der Waals surface area contributed by atoms with Crippen LogP contribution in [0.5, 0.6) is 0 Å². The van der Waals surface area contributed by atoms with Crippen molar-refractivity contribution in [2.75, 3.05) is 0 Å². The molecule has 0 atom stereocenters. The largest absolute Gasteiger partial charge is 0.285 e. The van der Waals surface area contributed by atoms with Crippen LogP contribution >= 0.6 is 11.3 Å². The number of hydrogen-bond acceptors (Lipinski definition) is 4. The van der Waals surface area contributed by atoms with Crippen molar-refractivity contribution in [3.8, 4) is 0 Å². The Morgan fingerprint density at radius 3 is 2.71 bits per heavy atom. The summed E-state index contributed by atoms with van der Waals surface area (Å²) >= 11 is 1.22. The molecule has 6 heteroatoms. The second-order valence-electron chi connectivity index (χ2n) is 2.65. The van der Waals surface area contributed by atoms with E-state index in [9.17, 15) is 8.42 Å². The molecule has 2 rings (SSSR count). The van der Waals surface area contributed by atoms with Gasteiger partial charge in [0.2, 0.25) is 0 Å². The van der Waals surface area contributed by atoms with Gasteiger partial charge in [0, 0.05) is 0 Å². The minimum Gasteiger partial charge on any atom is -0.285 e. The standard InChI is InChI=1S/C8H6NO3S2/c10-14(11,12)5-8-9-6-3-1-2-4-7(6)13-8/h1-5H,(H,10,11,12). The van der Waals surface area contributed by atoms with Crippen molar-refractivity contribution in [2.45, 2.75) is 0 Å². The number of thiazole rings is 1. The molecule has 1 radical (unpaired) electrons. The summed E-state index contributed by atoms with van der Waals surface area (Å²) in [5.41, 5.74) is 0.729. The summed E-state index contributed by atoms with van der Waals surface area (Å²) in [5.74, 6) is 0.748. The van der Waals surface area contributed by atoms with Gasteiger partial charge in [0.15, 0.2) is 5.75 Å². The van der Waals surface area contributed by atoms with Crippen LogP contribution in [0.3, 0.4) is 0 Å². The quantitative estimate of drug-likeness (QED) is 0.794. The van der Waals surface area contributed by atoms with E-state index >= 15 is 0 Å². The lowest BCUT2D eigenvalue weighted by atomic mass is 10.3. The van der Waals surface area contributed by atoms with Crippen molar-refractivity contribution in [3.63, 3.8) is 0 Å². The van der Waals surface area contributed by atoms with Crippen LogP contribution in [0.2, 0.25) is 0 Å². The van der Waals surface area contributed by atoms with Gasteiger partial charge in [-0.1, -0.05) is 12.1 Å². The number of rotatable bonds is 2. The molecule has 0 aliphatic carbocycles. The van der Waals surface area contributed by atoms with Crippen LogP contribution in [0.4, 0.5) is 0 Å². The summed E-state index contributed by atoms with van der Waals surface area (Å²) in [6.07, 6.45) is 0. The second-order valence-corrected chi connectivity index (χ2v) is 4.98. The highest BCUT2D eigenvalue weighted by Gasteiger charge is 2.11. The molecule has 2 aromatic rings. The molecule has 1 aromatic heterocycles. The van der Waals surface area contributed by atoms with Crippen molar-refractivity contribution in [1.82, 2.24) is 4.98 Å². The molecule has 0 fully saturated rings. The molecule has 73 valence electrons. The Hall–Kier alpha value is -0.980. The Morgan fingerprint density at radius 1 is 1.36 bits per heavy atom. The molecule has 4 nitrogen and oxygen atoms in total.